The average Bonchev–Trinajstić information content (AvgIpc) is 2.28. The van der Waals surface area contributed by atoms with Crippen LogP contribution in [0.1, 0.15) is 26.2 Å². The number of ether oxygens (including phenoxy) is 2. The zero-order valence-electron chi connectivity index (χ0n) is 11.0. The van der Waals surface area contributed by atoms with Crippen LogP contribution < -0.4 is 0 Å². The number of alkyl halides is 3. The van der Waals surface area contributed by atoms with E-state index in [4.69, 9.17) is 4.74 Å². The Morgan fingerprint density at radius 2 is 1.79 bits per heavy atom. The summed E-state index contributed by atoms with van der Waals surface area (Å²) in [5.41, 5.74) is -2.20. The van der Waals surface area contributed by atoms with E-state index in [-0.39, 0.29) is 19.3 Å². The van der Waals surface area contributed by atoms with Crippen LogP contribution in [0.4, 0.5) is 13.2 Å². The highest BCUT2D eigenvalue weighted by atomic mass is 19.3. The minimum absolute atomic E-state index is 0.159. The molecule has 3 nitrogen and oxygen atoms in total. The summed E-state index contributed by atoms with van der Waals surface area (Å²) in [5.74, 6) is -0.863. The van der Waals surface area contributed by atoms with Gasteiger partial charge in [-0.3, -0.25) is 9.18 Å². The molecule has 0 bridgehead atoms. The monoisotopic (exact) mass is 280 g/mol. The molecule has 0 unspecified atom stereocenters. The van der Waals surface area contributed by atoms with Crippen molar-refractivity contribution in [3.63, 3.8) is 0 Å². The van der Waals surface area contributed by atoms with Gasteiger partial charge in [0.2, 0.25) is 5.60 Å². The lowest BCUT2D eigenvalue weighted by atomic mass is 9.93. The summed E-state index contributed by atoms with van der Waals surface area (Å²) in [5, 5.41) is 0. The van der Waals surface area contributed by atoms with Gasteiger partial charge < -0.3 is 9.47 Å². The van der Waals surface area contributed by atoms with Crippen molar-refractivity contribution in [3.05, 3.63) is 25.3 Å². The maximum Gasteiger partial charge on any atom is 0.395 e. The summed E-state index contributed by atoms with van der Waals surface area (Å²) in [6, 6.07) is 0. The molecule has 0 heterocycles. The molecule has 19 heavy (non-hydrogen) atoms. The third-order valence-corrected chi connectivity index (χ3v) is 2.38. The Hall–Kier alpha value is -1.30. The summed E-state index contributed by atoms with van der Waals surface area (Å²) >= 11 is 0. The van der Waals surface area contributed by atoms with Gasteiger partial charge in [0, 0.05) is 19.8 Å². The standard InChI is InChI=1S/C13H19F3O3/c1-4-7-12(8-5-2,19-11(3)17)13(15,16)18-10-6-9-14/h4-5H,1-2,6-10H2,3H3. The van der Waals surface area contributed by atoms with Crippen LogP contribution in [-0.4, -0.2) is 31.0 Å². The molecule has 110 valence electrons. The Morgan fingerprint density at radius 3 is 2.16 bits per heavy atom. The Labute approximate surface area is 111 Å². The van der Waals surface area contributed by atoms with Crippen LogP contribution in [-0.2, 0) is 14.3 Å². The fourth-order valence-corrected chi connectivity index (χ4v) is 1.59. The minimum Gasteiger partial charge on any atom is -0.449 e. The molecular weight excluding hydrogens is 261 g/mol. The van der Waals surface area contributed by atoms with E-state index in [0.29, 0.717) is 0 Å². The fraction of sp³-hybridized carbons (Fsp3) is 0.615. The highest BCUT2D eigenvalue weighted by molar-refractivity contribution is 5.66. The molecule has 0 saturated carbocycles. The highest BCUT2D eigenvalue weighted by Crippen LogP contribution is 2.40. The molecular formula is C13H19F3O3. The van der Waals surface area contributed by atoms with E-state index in [1.54, 1.807) is 0 Å². The first kappa shape index (κ1) is 17.7. The van der Waals surface area contributed by atoms with Crippen molar-refractivity contribution >= 4 is 5.97 Å². The SMILES string of the molecule is C=CCC(CC=C)(OC(C)=O)C(F)(F)OCCCF. The smallest absolute Gasteiger partial charge is 0.395 e. The van der Waals surface area contributed by atoms with Crippen molar-refractivity contribution in [2.45, 2.75) is 37.9 Å². The largest absolute Gasteiger partial charge is 0.449 e. The number of carbonyl (C=O) groups excluding carboxylic acids is 1. The normalized spacial score (nSPS) is 12.0. The van der Waals surface area contributed by atoms with E-state index < -0.39 is 31.0 Å². The second-order valence-electron chi connectivity index (χ2n) is 3.98. The Kier molecular flexibility index (Phi) is 7.44. The lowest BCUT2D eigenvalue weighted by molar-refractivity contribution is -0.331. The van der Waals surface area contributed by atoms with Crippen LogP contribution in [0.2, 0.25) is 0 Å². The van der Waals surface area contributed by atoms with Gasteiger partial charge in [0.1, 0.15) is 0 Å². The molecule has 0 rings (SSSR count). The van der Waals surface area contributed by atoms with E-state index in [1.807, 2.05) is 0 Å². The predicted molar refractivity (Wildman–Crippen MR) is 65.6 cm³/mol. The zero-order valence-corrected chi connectivity index (χ0v) is 11.0. The third-order valence-electron chi connectivity index (χ3n) is 2.38. The first-order valence-electron chi connectivity index (χ1n) is 5.84. The Morgan fingerprint density at radius 1 is 1.26 bits per heavy atom. The number of esters is 1. The van der Waals surface area contributed by atoms with Gasteiger partial charge in [0.05, 0.1) is 13.3 Å². The van der Waals surface area contributed by atoms with Gasteiger partial charge in [-0.2, -0.15) is 8.78 Å². The quantitative estimate of drug-likeness (QED) is 0.349. The van der Waals surface area contributed by atoms with Gasteiger partial charge in [-0.1, -0.05) is 12.2 Å². The number of carbonyl (C=O) groups is 1. The van der Waals surface area contributed by atoms with Crippen LogP contribution >= 0.6 is 0 Å². The molecule has 0 saturated heterocycles. The Bertz CT molecular complexity index is 306. The molecule has 0 aromatic carbocycles. The van der Waals surface area contributed by atoms with Gasteiger partial charge in [0.25, 0.3) is 0 Å². The van der Waals surface area contributed by atoms with Crippen LogP contribution in [0.25, 0.3) is 0 Å². The summed E-state index contributed by atoms with van der Waals surface area (Å²) in [7, 11) is 0. The first-order valence-corrected chi connectivity index (χ1v) is 5.84. The van der Waals surface area contributed by atoms with Gasteiger partial charge in [-0.05, 0) is 6.42 Å². The molecule has 6 heteroatoms. The van der Waals surface area contributed by atoms with Crippen molar-refractivity contribution in [1.82, 2.24) is 0 Å². The second kappa shape index (κ2) is 7.99. The molecule has 0 aliphatic carbocycles. The zero-order chi connectivity index (χ0) is 14.9. The van der Waals surface area contributed by atoms with Crippen LogP contribution in [0.5, 0.6) is 0 Å². The molecule has 0 amide bonds. The number of rotatable bonds is 10. The number of halogens is 3. The lowest BCUT2D eigenvalue weighted by Crippen LogP contribution is -2.52. The van der Waals surface area contributed by atoms with Crippen molar-refractivity contribution in [3.8, 4) is 0 Å². The summed E-state index contributed by atoms with van der Waals surface area (Å²) in [6.07, 6.45) is -2.11. The highest BCUT2D eigenvalue weighted by Gasteiger charge is 2.56. The summed E-state index contributed by atoms with van der Waals surface area (Å²) < 4.78 is 49.3. The lowest BCUT2D eigenvalue weighted by Gasteiger charge is -2.37. The second-order valence-corrected chi connectivity index (χ2v) is 3.98. The predicted octanol–water partition coefficient (Wildman–Crippen LogP) is 3.41. The summed E-state index contributed by atoms with van der Waals surface area (Å²) in [6.45, 7) is 6.53. The molecule has 0 aromatic rings. The van der Waals surface area contributed by atoms with Crippen LogP contribution in [0, 0.1) is 0 Å². The van der Waals surface area contributed by atoms with Crippen molar-refractivity contribution in [2.75, 3.05) is 13.3 Å². The van der Waals surface area contributed by atoms with Crippen molar-refractivity contribution in [2.24, 2.45) is 0 Å². The van der Waals surface area contributed by atoms with E-state index >= 15 is 0 Å². The molecule has 0 aromatic heterocycles. The molecule has 0 fully saturated rings. The molecule has 0 N–H and O–H groups in total. The minimum atomic E-state index is -3.75. The molecule has 0 radical (unpaired) electrons. The third kappa shape index (κ3) is 5.06. The first-order chi connectivity index (χ1) is 8.85. The maximum absolute atomic E-state index is 14.1. The number of hydrogen-bond donors (Lipinski definition) is 0. The Balaban J connectivity index is 5.18. The average molecular weight is 280 g/mol. The van der Waals surface area contributed by atoms with E-state index in [1.165, 1.54) is 12.2 Å². The van der Waals surface area contributed by atoms with E-state index in [0.717, 1.165) is 6.92 Å². The van der Waals surface area contributed by atoms with E-state index in [9.17, 15) is 18.0 Å². The van der Waals surface area contributed by atoms with Crippen LogP contribution in [0.15, 0.2) is 25.3 Å². The molecule has 0 atom stereocenters. The topological polar surface area (TPSA) is 35.5 Å². The fourth-order valence-electron chi connectivity index (χ4n) is 1.59. The van der Waals surface area contributed by atoms with Gasteiger partial charge >= 0.3 is 12.1 Å². The van der Waals surface area contributed by atoms with Crippen molar-refractivity contribution in [1.29, 1.82) is 0 Å². The van der Waals surface area contributed by atoms with Gasteiger partial charge in [0.15, 0.2) is 0 Å². The van der Waals surface area contributed by atoms with Crippen LogP contribution in [0.3, 0.4) is 0 Å². The van der Waals surface area contributed by atoms with Crippen molar-refractivity contribution < 1.29 is 27.4 Å². The van der Waals surface area contributed by atoms with Gasteiger partial charge in [-0.15, -0.1) is 13.2 Å². The van der Waals surface area contributed by atoms with Gasteiger partial charge in [-0.25, -0.2) is 0 Å². The maximum atomic E-state index is 14.1. The summed E-state index contributed by atoms with van der Waals surface area (Å²) in [4.78, 5) is 11.0. The molecule has 0 aliphatic heterocycles. The molecule has 0 spiro atoms. The van der Waals surface area contributed by atoms with E-state index in [2.05, 4.69) is 17.9 Å². The molecule has 0 aliphatic rings. The number of hydrogen-bond acceptors (Lipinski definition) is 3.